The predicted octanol–water partition coefficient (Wildman–Crippen LogP) is 5.42. The Labute approximate surface area is 195 Å². The number of ether oxygens (including phenoxy) is 2. The van der Waals surface area contributed by atoms with Gasteiger partial charge in [-0.15, -0.1) is 0 Å². The third-order valence-corrected chi connectivity index (χ3v) is 6.20. The van der Waals surface area contributed by atoms with Crippen LogP contribution in [0.25, 0.3) is 6.08 Å². The second-order valence-corrected chi connectivity index (χ2v) is 8.85. The molecule has 1 atom stereocenters. The number of hydrogen-bond donors (Lipinski definition) is 2. The van der Waals surface area contributed by atoms with Gasteiger partial charge in [-0.25, -0.2) is 0 Å². The normalized spacial score (nSPS) is 17.0. The van der Waals surface area contributed by atoms with Crippen molar-refractivity contribution >= 4 is 52.0 Å². The fourth-order valence-corrected chi connectivity index (χ4v) is 4.69. The number of nitrogens with one attached hydrogen (secondary N) is 2. The fraction of sp³-hybridized carbons (Fsp3) is 0.261. The first-order valence-electron chi connectivity index (χ1n) is 9.78. The first-order chi connectivity index (χ1) is 14.5. The number of carbonyl (C=O) groups excluding carboxylic acids is 1. The van der Waals surface area contributed by atoms with Crippen molar-refractivity contribution in [2.24, 2.45) is 0 Å². The number of rotatable bonds is 9. The summed E-state index contributed by atoms with van der Waals surface area (Å²) in [6, 6.07) is 12.1. The summed E-state index contributed by atoms with van der Waals surface area (Å²) < 4.78 is 12.4. The highest BCUT2D eigenvalue weighted by atomic mass is 127. The average molecular weight is 536 g/mol. The lowest BCUT2D eigenvalue weighted by Gasteiger charge is -2.14. The molecule has 0 radical (unpaired) electrons. The molecule has 2 N–H and O–H groups in total. The molecule has 3 rings (SSSR count). The molecule has 30 heavy (non-hydrogen) atoms. The number of amides is 1. The van der Waals surface area contributed by atoms with Gasteiger partial charge in [-0.2, -0.15) is 0 Å². The number of benzene rings is 2. The summed E-state index contributed by atoms with van der Waals surface area (Å²) in [5.41, 5.74) is 2.93. The van der Waals surface area contributed by atoms with E-state index in [-0.39, 0.29) is 11.4 Å². The van der Waals surface area contributed by atoms with Crippen LogP contribution in [-0.4, -0.2) is 24.6 Å². The topological polar surface area (TPSA) is 59.6 Å². The van der Waals surface area contributed by atoms with Crippen LogP contribution >= 0.6 is 34.4 Å². The average Bonchev–Trinajstić information content (AvgIpc) is 3.07. The van der Waals surface area contributed by atoms with E-state index in [4.69, 9.17) is 9.47 Å². The third kappa shape index (κ3) is 5.72. The highest BCUT2D eigenvalue weighted by Crippen LogP contribution is 2.37. The van der Waals surface area contributed by atoms with Crippen LogP contribution in [0, 0.1) is 3.57 Å². The van der Waals surface area contributed by atoms with Gasteiger partial charge < -0.3 is 20.1 Å². The second kappa shape index (κ2) is 10.8. The van der Waals surface area contributed by atoms with Crippen LogP contribution in [0.15, 0.2) is 54.0 Å². The molecule has 1 aliphatic heterocycles. The molecule has 7 heteroatoms. The van der Waals surface area contributed by atoms with Gasteiger partial charge in [0.1, 0.15) is 6.61 Å². The molecule has 1 aliphatic rings. The number of carbonyl (C=O) groups is 1. The first-order valence-corrected chi connectivity index (χ1v) is 11.7. The van der Waals surface area contributed by atoms with E-state index < -0.39 is 0 Å². The van der Waals surface area contributed by atoms with Gasteiger partial charge in [0.25, 0.3) is 5.91 Å². The van der Waals surface area contributed by atoms with E-state index in [1.807, 2.05) is 37.3 Å². The van der Waals surface area contributed by atoms with Crippen LogP contribution in [0.4, 0.5) is 5.69 Å². The minimum absolute atomic E-state index is 0.0948. The number of anilines is 1. The van der Waals surface area contributed by atoms with Crippen LogP contribution in [0.1, 0.15) is 25.0 Å². The molecular weight excluding hydrogens is 511 g/mol. The largest absolute Gasteiger partial charge is 0.490 e. The molecule has 5 nitrogen and oxygen atoms in total. The Hall–Kier alpha value is -2.13. The van der Waals surface area contributed by atoms with Gasteiger partial charge in [-0.05, 0) is 77.4 Å². The Morgan fingerprint density at radius 3 is 2.67 bits per heavy atom. The Balaban J connectivity index is 1.76. The highest BCUT2D eigenvalue weighted by molar-refractivity contribution is 14.1. The fourth-order valence-electron chi connectivity index (χ4n) is 2.92. The van der Waals surface area contributed by atoms with E-state index in [0.29, 0.717) is 29.6 Å². The quantitative estimate of drug-likeness (QED) is 0.255. The molecule has 2 aromatic rings. The van der Waals surface area contributed by atoms with E-state index in [1.54, 1.807) is 6.08 Å². The van der Waals surface area contributed by atoms with Gasteiger partial charge in [0.2, 0.25) is 0 Å². The summed E-state index contributed by atoms with van der Waals surface area (Å²) in [6.07, 6.45) is 4.58. The lowest BCUT2D eigenvalue weighted by molar-refractivity contribution is -0.116. The summed E-state index contributed by atoms with van der Waals surface area (Å²) >= 11 is 3.68. The van der Waals surface area contributed by atoms with Gasteiger partial charge in [0, 0.05) is 5.69 Å². The first kappa shape index (κ1) is 22.6. The van der Waals surface area contributed by atoms with E-state index in [9.17, 15) is 4.79 Å². The van der Waals surface area contributed by atoms with E-state index in [1.165, 1.54) is 17.3 Å². The van der Waals surface area contributed by atoms with Gasteiger partial charge in [0.15, 0.2) is 17.0 Å². The summed E-state index contributed by atoms with van der Waals surface area (Å²) in [5.74, 6) is 1.26. The van der Waals surface area contributed by atoms with Gasteiger partial charge in [0.05, 0.1) is 15.1 Å². The smallest absolute Gasteiger partial charge is 0.260 e. The lowest BCUT2D eigenvalue weighted by Crippen LogP contribution is -2.30. The molecule has 1 fully saturated rings. The van der Waals surface area contributed by atoms with E-state index >= 15 is 0 Å². The van der Waals surface area contributed by atoms with Crippen molar-refractivity contribution in [3.8, 4) is 11.5 Å². The summed E-state index contributed by atoms with van der Waals surface area (Å²) in [5, 5.41) is 6.32. The second-order valence-electron chi connectivity index (χ2n) is 6.54. The van der Waals surface area contributed by atoms with Crippen LogP contribution in [0.3, 0.4) is 0 Å². The zero-order valence-electron chi connectivity index (χ0n) is 17.0. The number of halogens is 1. The van der Waals surface area contributed by atoms with Crippen molar-refractivity contribution in [3.05, 3.63) is 68.7 Å². The van der Waals surface area contributed by atoms with Gasteiger partial charge >= 0.3 is 0 Å². The van der Waals surface area contributed by atoms with E-state index in [2.05, 4.69) is 58.9 Å². The maximum Gasteiger partial charge on any atom is 0.260 e. The summed E-state index contributed by atoms with van der Waals surface area (Å²) in [7, 11) is 0. The van der Waals surface area contributed by atoms with Crippen molar-refractivity contribution in [2.75, 3.05) is 18.5 Å². The van der Waals surface area contributed by atoms with Crippen molar-refractivity contribution in [1.29, 1.82) is 0 Å². The lowest BCUT2D eigenvalue weighted by atomic mass is 10.1. The summed E-state index contributed by atoms with van der Waals surface area (Å²) in [6.45, 7) is 8.68. The molecular formula is C23H25IN2O3S. The molecule has 0 aromatic heterocycles. The maximum absolute atomic E-state index is 12.5. The van der Waals surface area contributed by atoms with Crippen LogP contribution in [0.5, 0.6) is 11.5 Å². The molecule has 158 valence electrons. The predicted molar refractivity (Wildman–Crippen MR) is 133 cm³/mol. The van der Waals surface area contributed by atoms with Crippen LogP contribution < -0.4 is 20.1 Å². The Kier molecular flexibility index (Phi) is 8.09. The van der Waals surface area contributed by atoms with Gasteiger partial charge in [-0.3, -0.25) is 4.79 Å². The Morgan fingerprint density at radius 2 is 2.00 bits per heavy atom. The van der Waals surface area contributed by atoms with Crippen molar-refractivity contribution in [3.63, 3.8) is 0 Å². The van der Waals surface area contributed by atoms with Crippen molar-refractivity contribution < 1.29 is 14.3 Å². The molecule has 0 unspecified atom stereocenters. The maximum atomic E-state index is 12.5. The molecule has 0 aliphatic carbocycles. The molecule has 1 heterocycles. The number of aryl methyl sites for hydroxylation is 1. The standard InChI is InChI=1S/C23H25IN2O3S/c1-4-11-29-21-18(24)12-16(13-19(21)28-6-3)14-20-22(27)26-23(30-20)25-17-9-7-15(5-2)8-10-17/h4,7-10,12-14,23,25H,1,5-6,11H2,2-3H3,(H,26,27)/b20-14-/t23-/m0/s1. The molecule has 0 spiro atoms. The molecule has 0 bridgehead atoms. The minimum Gasteiger partial charge on any atom is -0.490 e. The highest BCUT2D eigenvalue weighted by Gasteiger charge is 2.27. The molecule has 2 aromatic carbocycles. The monoisotopic (exact) mass is 536 g/mol. The zero-order valence-corrected chi connectivity index (χ0v) is 20.0. The minimum atomic E-state index is -0.211. The molecule has 0 saturated carbocycles. The van der Waals surface area contributed by atoms with Crippen molar-refractivity contribution in [2.45, 2.75) is 25.8 Å². The number of hydrogen-bond acceptors (Lipinski definition) is 5. The summed E-state index contributed by atoms with van der Waals surface area (Å²) in [4.78, 5) is 13.1. The molecule has 1 amide bonds. The zero-order chi connectivity index (χ0) is 21.5. The Morgan fingerprint density at radius 1 is 1.23 bits per heavy atom. The van der Waals surface area contributed by atoms with Gasteiger partial charge in [-0.1, -0.05) is 43.5 Å². The SMILES string of the molecule is C=CCOc1c(I)cc(/C=C2\S[C@@H](Nc3ccc(CC)cc3)NC2=O)cc1OCC. The van der Waals surface area contributed by atoms with Crippen LogP contribution in [-0.2, 0) is 11.2 Å². The van der Waals surface area contributed by atoms with Crippen LogP contribution in [0.2, 0.25) is 0 Å². The Bertz CT molecular complexity index is 944. The number of thioether (sulfide) groups is 1. The van der Waals surface area contributed by atoms with Crippen molar-refractivity contribution in [1.82, 2.24) is 5.32 Å². The molecule has 1 saturated heterocycles. The van der Waals surface area contributed by atoms with E-state index in [0.717, 1.165) is 21.2 Å². The third-order valence-electron chi connectivity index (χ3n) is 4.37.